The van der Waals surface area contributed by atoms with Gasteiger partial charge in [0.1, 0.15) is 0 Å². The fourth-order valence-corrected chi connectivity index (χ4v) is 4.69. The van der Waals surface area contributed by atoms with Gasteiger partial charge in [-0.05, 0) is 36.4 Å². The summed E-state index contributed by atoms with van der Waals surface area (Å²) < 4.78 is 2.72. The first-order valence-corrected chi connectivity index (χ1v) is 12.9. The summed E-state index contributed by atoms with van der Waals surface area (Å²) in [5.41, 5.74) is 1.56. The van der Waals surface area contributed by atoms with Gasteiger partial charge in [0.2, 0.25) is 0 Å². The van der Waals surface area contributed by atoms with Gasteiger partial charge in [-0.25, -0.2) is 0 Å². The molecular formula is C27H15AlBr3N3O3. The van der Waals surface area contributed by atoms with Crippen molar-refractivity contribution < 1.29 is 15.3 Å². The van der Waals surface area contributed by atoms with Gasteiger partial charge in [0.05, 0.1) is 16.6 Å². The Hall–Kier alpha value is -2.74. The van der Waals surface area contributed by atoms with Crippen molar-refractivity contribution in [1.82, 2.24) is 15.0 Å². The van der Waals surface area contributed by atoms with E-state index in [1.54, 1.807) is 36.8 Å². The maximum Gasteiger partial charge on any atom is 3.00 e. The van der Waals surface area contributed by atoms with E-state index in [1.807, 2.05) is 36.4 Å². The van der Waals surface area contributed by atoms with Crippen LogP contribution in [0, 0.1) is 0 Å². The number of hydrogen-bond donors (Lipinski definition) is 0. The van der Waals surface area contributed by atoms with E-state index in [-0.39, 0.29) is 34.6 Å². The SMILES string of the molecule is [Al+3].[O-]c1ccc(Br)c2cccnc12.[O-]c1ccc(Br)c2cccnc12.[O-]c1ccc(Br)c2cccnc12. The van der Waals surface area contributed by atoms with Gasteiger partial charge in [-0.15, -0.1) is 0 Å². The summed E-state index contributed by atoms with van der Waals surface area (Å²) in [7, 11) is 0. The van der Waals surface area contributed by atoms with Crippen LogP contribution >= 0.6 is 47.8 Å². The van der Waals surface area contributed by atoms with E-state index in [0.717, 1.165) is 29.6 Å². The average molecular weight is 696 g/mol. The zero-order valence-electron chi connectivity index (χ0n) is 18.9. The predicted molar refractivity (Wildman–Crippen MR) is 152 cm³/mol. The molecule has 0 fully saturated rings. The molecule has 0 atom stereocenters. The Morgan fingerprint density at radius 3 is 0.946 bits per heavy atom. The molecule has 3 heterocycles. The number of benzene rings is 3. The molecule has 0 spiro atoms. The van der Waals surface area contributed by atoms with Crippen LogP contribution in [0.15, 0.2) is 105 Å². The molecule has 0 aliphatic heterocycles. The van der Waals surface area contributed by atoms with E-state index in [9.17, 15) is 15.3 Å². The van der Waals surface area contributed by atoms with Crippen LogP contribution in [0.25, 0.3) is 32.7 Å². The Balaban J connectivity index is 0.000000152. The first-order chi connectivity index (χ1) is 17.4. The summed E-state index contributed by atoms with van der Waals surface area (Å²) in [5.74, 6) is -0.101. The van der Waals surface area contributed by atoms with E-state index in [4.69, 9.17) is 0 Å². The van der Waals surface area contributed by atoms with Gasteiger partial charge < -0.3 is 15.3 Å². The van der Waals surface area contributed by atoms with Crippen LogP contribution in [-0.2, 0) is 0 Å². The van der Waals surface area contributed by atoms with Crippen molar-refractivity contribution in [3.05, 3.63) is 105 Å². The van der Waals surface area contributed by atoms with Crippen molar-refractivity contribution >= 4 is 97.9 Å². The van der Waals surface area contributed by atoms with Gasteiger partial charge in [-0.1, -0.05) is 101 Å². The summed E-state index contributed by atoms with van der Waals surface area (Å²) in [6.45, 7) is 0. The van der Waals surface area contributed by atoms with Crippen molar-refractivity contribution in [2.24, 2.45) is 0 Å². The third-order valence-corrected chi connectivity index (χ3v) is 7.11. The Kier molecular flexibility index (Phi) is 10.3. The largest absolute Gasteiger partial charge is 3.00 e. The molecule has 37 heavy (non-hydrogen) atoms. The van der Waals surface area contributed by atoms with Crippen molar-refractivity contribution in [2.45, 2.75) is 0 Å². The van der Waals surface area contributed by atoms with E-state index in [0.29, 0.717) is 16.6 Å². The number of pyridine rings is 3. The van der Waals surface area contributed by atoms with Crippen LogP contribution in [0.3, 0.4) is 0 Å². The number of aromatic nitrogens is 3. The minimum atomic E-state index is -0.0335. The Labute approximate surface area is 248 Å². The molecule has 3 aromatic carbocycles. The second kappa shape index (κ2) is 13.2. The minimum Gasteiger partial charge on any atom is -0.871 e. The van der Waals surface area contributed by atoms with Gasteiger partial charge in [-0.3, -0.25) is 15.0 Å². The summed E-state index contributed by atoms with van der Waals surface area (Å²) >= 11 is 10.1. The van der Waals surface area contributed by atoms with Crippen LogP contribution in [-0.4, -0.2) is 32.3 Å². The normalized spacial score (nSPS) is 10.1. The van der Waals surface area contributed by atoms with Crippen molar-refractivity contribution in [3.63, 3.8) is 0 Å². The zero-order chi connectivity index (χ0) is 25.7. The molecule has 0 N–H and O–H groups in total. The second-order valence-corrected chi connectivity index (χ2v) is 9.90. The minimum absolute atomic E-state index is 0. The summed E-state index contributed by atoms with van der Waals surface area (Å²) in [6, 6.07) is 20.8. The topological polar surface area (TPSA) is 108 Å². The molecule has 10 heteroatoms. The molecule has 0 bridgehead atoms. The summed E-state index contributed by atoms with van der Waals surface area (Å²) in [5, 5.41) is 36.3. The molecule has 0 aliphatic carbocycles. The molecule has 3 aromatic heterocycles. The molecule has 6 aromatic rings. The van der Waals surface area contributed by atoms with Crippen molar-refractivity contribution in [1.29, 1.82) is 0 Å². The third-order valence-electron chi connectivity index (χ3n) is 5.04. The van der Waals surface area contributed by atoms with Crippen molar-refractivity contribution in [3.8, 4) is 17.2 Å². The predicted octanol–water partition coefficient (Wildman–Crippen LogP) is 5.83. The van der Waals surface area contributed by atoms with E-state index >= 15 is 0 Å². The average Bonchev–Trinajstić information content (AvgIpc) is 2.92. The molecule has 0 aliphatic rings. The van der Waals surface area contributed by atoms with Gasteiger partial charge >= 0.3 is 17.4 Å². The third kappa shape index (κ3) is 6.78. The standard InChI is InChI=1S/3C9H6BrNO.Al/c3*10-7-3-4-8(12)9-6(7)2-1-5-11-9;/h3*1-5,12H;/q;;;+3/p-3. The molecule has 0 amide bonds. The fourth-order valence-electron chi connectivity index (χ4n) is 3.34. The molecule has 0 unspecified atom stereocenters. The van der Waals surface area contributed by atoms with Crippen molar-refractivity contribution in [2.75, 3.05) is 0 Å². The quantitative estimate of drug-likeness (QED) is 0.185. The van der Waals surface area contributed by atoms with Crippen LogP contribution in [0.5, 0.6) is 17.2 Å². The van der Waals surface area contributed by atoms with Gasteiger partial charge in [0.25, 0.3) is 0 Å². The summed E-state index contributed by atoms with van der Waals surface area (Å²) in [4.78, 5) is 12.0. The van der Waals surface area contributed by atoms with Crippen LogP contribution < -0.4 is 15.3 Å². The molecule has 6 rings (SSSR count). The van der Waals surface area contributed by atoms with E-state index < -0.39 is 0 Å². The molecular weight excluding hydrogens is 681 g/mol. The van der Waals surface area contributed by atoms with E-state index in [2.05, 4.69) is 62.7 Å². The molecule has 0 saturated heterocycles. The zero-order valence-corrected chi connectivity index (χ0v) is 24.9. The first kappa shape index (κ1) is 28.8. The molecule has 0 saturated carbocycles. The number of halogens is 3. The number of hydrogen-bond acceptors (Lipinski definition) is 6. The van der Waals surface area contributed by atoms with Crippen LogP contribution in [0.2, 0.25) is 0 Å². The Morgan fingerprint density at radius 1 is 0.432 bits per heavy atom. The number of fused-ring (bicyclic) bond motifs is 3. The smallest absolute Gasteiger partial charge is 0.871 e. The molecule has 180 valence electrons. The monoisotopic (exact) mass is 693 g/mol. The number of nitrogens with zero attached hydrogens (tertiary/aromatic N) is 3. The second-order valence-electron chi connectivity index (χ2n) is 7.34. The molecule has 6 nitrogen and oxygen atoms in total. The Morgan fingerprint density at radius 2 is 0.703 bits per heavy atom. The first-order valence-electron chi connectivity index (χ1n) is 10.5. The Bertz CT molecular complexity index is 1370. The van der Waals surface area contributed by atoms with Crippen LogP contribution in [0.4, 0.5) is 0 Å². The maximum absolute atomic E-state index is 11.2. The van der Waals surface area contributed by atoms with Crippen LogP contribution in [0.1, 0.15) is 0 Å². The van der Waals surface area contributed by atoms with Gasteiger partial charge in [0, 0.05) is 48.2 Å². The molecule has 0 radical (unpaired) electrons. The van der Waals surface area contributed by atoms with E-state index in [1.165, 1.54) is 18.2 Å². The maximum atomic E-state index is 11.2. The van der Waals surface area contributed by atoms with Gasteiger partial charge in [0.15, 0.2) is 0 Å². The number of rotatable bonds is 0. The fraction of sp³-hybridized carbons (Fsp3) is 0. The summed E-state index contributed by atoms with van der Waals surface area (Å²) in [6.07, 6.45) is 4.86. The van der Waals surface area contributed by atoms with Gasteiger partial charge in [-0.2, -0.15) is 0 Å².